The van der Waals surface area contributed by atoms with Crippen LogP contribution in [0.1, 0.15) is 60.8 Å². The van der Waals surface area contributed by atoms with E-state index in [0.717, 1.165) is 39.4 Å². The van der Waals surface area contributed by atoms with Gasteiger partial charge >= 0.3 is 5.97 Å². The van der Waals surface area contributed by atoms with Crippen molar-refractivity contribution in [2.75, 3.05) is 44.0 Å². The molecule has 9 N–H and O–H groups in total. The normalized spacial score (nSPS) is 19.7. The number of nitrogens with one attached hydrogen (secondary N) is 4. The molecule has 7 rings (SSSR count). The first-order valence-electron chi connectivity index (χ1n) is 25.3. The molecule has 28 heteroatoms. The van der Waals surface area contributed by atoms with E-state index >= 15 is 0 Å². The molecule has 23 nitrogen and oxygen atoms in total. The van der Waals surface area contributed by atoms with E-state index < -0.39 is 110 Å². The summed E-state index contributed by atoms with van der Waals surface area (Å²) in [5.74, 6) is -7.59. The first kappa shape index (κ1) is 61.3. The Kier molecular flexibility index (Phi) is 21.5. The number of carbonyl (C=O) groups is 6. The molecule has 6 heterocycles. The Morgan fingerprint density at radius 3 is 2.43 bits per heavy atom. The number of anilines is 1. The molecule has 0 bridgehead atoms. The van der Waals surface area contributed by atoms with Crippen molar-refractivity contribution in [2.24, 2.45) is 5.92 Å². The predicted molar refractivity (Wildman–Crippen MR) is 293 cm³/mol. The van der Waals surface area contributed by atoms with Crippen molar-refractivity contribution in [1.29, 1.82) is 5.26 Å². The van der Waals surface area contributed by atoms with Crippen molar-refractivity contribution in [2.45, 2.75) is 94.7 Å². The molecule has 0 aliphatic carbocycles. The topological polar surface area (TPSA) is 344 Å². The van der Waals surface area contributed by atoms with Gasteiger partial charge in [-0.05, 0) is 53.9 Å². The summed E-state index contributed by atoms with van der Waals surface area (Å²) in [4.78, 5) is 96.2. The van der Waals surface area contributed by atoms with E-state index in [1.165, 1.54) is 41.7 Å². The van der Waals surface area contributed by atoms with Crippen LogP contribution in [0.5, 0.6) is 5.88 Å². The minimum absolute atomic E-state index is 0.0151. The van der Waals surface area contributed by atoms with E-state index in [-0.39, 0.29) is 54.4 Å². The van der Waals surface area contributed by atoms with E-state index in [9.17, 15) is 58.1 Å². The Bertz CT molecular complexity index is 3150. The minimum Gasteiger partial charge on any atom is -0.480 e. The second-order valence-electron chi connectivity index (χ2n) is 18.9. The van der Waals surface area contributed by atoms with Crippen LogP contribution in [0.3, 0.4) is 0 Å². The maximum absolute atomic E-state index is 13.8. The van der Waals surface area contributed by atoms with Crippen LogP contribution in [0.2, 0.25) is 5.02 Å². The van der Waals surface area contributed by atoms with Gasteiger partial charge in [-0.15, -0.1) is 0 Å². The van der Waals surface area contributed by atoms with Crippen LogP contribution < -0.4 is 31.7 Å². The number of nitriles is 1. The number of rotatable bonds is 24. The second-order valence-corrected chi connectivity index (χ2v) is 21.9. The number of methoxy groups -OCH3 is 1. The standard InChI is InChI=1S/C53H58ClF2N11O12S2/c1-28-48(73)47(42(24-68)79-52(28)76)66-50(75)41(65-44(70)10-9-43(69)62-21-33-16-37(38(54)22-61-33)49(74)63-23-45(71)67-27-53(55,56)17-34(67)18-57)26-81-80-13-3-4-46(72)78-25-32-7-5-30(19-60-32)35-11-12-59-40-8-6-29(14-36(35)40)31-15-39(58)51(77-2)64-20-31/h5-8,11-12,14-16,19-20,22,28,34,41-42,47-48,52,68,73,76H,3-4,9-10,13,17,21,23-27,58H2,1-2H3,(H,62,69)(H,63,74)(H,65,70)(H,66,75)/t28-,34-,41?,42-,47-,48-,52?/m0/s1. The van der Waals surface area contributed by atoms with Gasteiger partial charge in [0.1, 0.15) is 24.8 Å². The highest BCUT2D eigenvalue weighted by Gasteiger charge is 2.47. The van der Waals surface area contributed by atoms with E-state index in [1.807, 2.05) is 30.3 Å². The molecule has 430 valence electrons. The molecule has 2 saturated heterocycles. The molecule has 0 radical (unpaired) electrons. The number of carbonyl (C=O) groups excluding carboxylic acids is 6. The quantitative estimate of drug-likeness (QED) is 0.0249. The zero-order valence-corrected chi connectivity index (χ0v) is 46.1. The van der Waals surface area contributed by atoms with Crippen LogP contribution in [-0.4, -0.2) is 157 Å². The molecule has 0 spiro atoms. The molecule has 81 heavy (non-hydrogen) atoms. The number of nitrogens with two attached hydrogens (primary N) is 1. The number of fused-ring (bicyclic) bond motifs is 1. The molecule has 2 aliphatic heterocycles. The third-order valence-corrected chi connectivity index (χ3v) is 15.9. The van der Waals surface area contributed by atoms with E-state index in [4.69, 9.17) is 31.5 Å². The third kappa shape index (κ3) is 16.4. The predicted octanol–water partition coefficient (Wildman–Crippen LogP) is 3.47. The number of likely N-dealkylation sites (tertiary alicyclic amines) is 1. The van der Waals surface area contributed by atoms with Gasteiger partial charge in [0.05, 0.1) is 84.7 Å². The number of aliphatic hydroxyl groups is 3. The molecule has 2 fully saturated rings. The fourth-order valence-electron chi connectivity index (χ4n) is 8.68. The maximum Gasteiger partial charge on any atom is 0.306 e. The average molecular weight is 1180 g/mol. The van der Waals surface area contributed by atoms with Crippen LogP contribution in [0.25, 0.3) is 33.2 Å². The lowest BCUT2D eigenvalue weighted by Gasteiger charge is -2.41. The lowest BCUT2D eigenvalue weighted by Crippen LogP contribution is -2.64. The second kappa shape index (κ2) is 28.4. The zero-order chi connectivity index (χ0) is 58.4. The monoisotopic (exact) mass is 1180 g/mol. The van der Waals surface area contributed by atoms with Crippen LogP contribution in [0, 0.1) is 17.2 Å². The molecule has 2 aliphatic rings. The van der Waals surface area contributed by atoms with E-state index in [2.05, 4.69) is 41.2 Å². The summed E-state index contributed by atoms with van der Waals surface area (Å²) in [6.45, 7) is -1.11. The Hall–Kier alpha value is -7.32. The smallest absolute Gasteiger partial charge is 0.306 e. The number of nitrogen functional groups attached to an aromatic ring is 1. The minimum atomic E-state index is -3.24. The third-order valence-electron chi connectivity index (χ3n) is 13.1. The molecule has 2 unspecified atom stereocenters. The van der Waals surface area contributed by atoms with Gasteiger partial charge in [0.25, 0.3) is 11.8 Å². The van der Waals surface area contributed by atoms with Gasteiger partial charge in [0.15, 0.2) is 6.29 Å². The SMILES string of the molecule is COc1ncc(-c2ccc3nccc(-c4ccc(COC(=O)CCCSSCC(NC(=O)CCC(=O)NCc5cc(C(=O)NCC(=O)N6CC(F)(F)C[C@H]6C#N)c(Cl)cn5)C(=O)N[C@@H]5[C@@H](O)[C@H](C)C(O)O[C@H]5CO)nc4)c3c2)cc1N. The van der Waals surface area contributed by atoms with Crippen molar-refractivity contribution in [1.82, 2.24) is 46.1 Å². The fourth-order valence-corrected chi connectivity index (χ4v) is 11.1. The van der Waals surface area contributed by atoms with Gasteiger partial charge in [-0.25, -0.2) is 13.8 Å². The summed E-state index contributed by atoms with van der Waals surface area (Å²) < 4.78 is 43.8. The number of benzene rings is 1. The number of hydrogen-bond donors (Lipinski definition) is 8. The van der Waals surface area contributed by atoms with Crippen molar-refractivity contribution in [3.05, 3.63) is 95.3 Å². The molecule has 5 aromatic rings. The molecule has 0 saturated carbocycles. The van der Waals surface area contributed by atoms with Crippen LogP contribution in [0.4, 0.5) is 14.5 Å². The number of aliphatic hydroxyl groups excluding tert-OH is 3. The van der Waals surface area contributed by atoms with Crippen molar-refractivity contribution in [3.63, 3.8) is 0 Å². The number of ether oxygens (including phenoxy) is 3. The molecule has 4 aromatic heterocycles. The van der Waals surface area contributed by atoms with Crippen molar-refractivity contribution >= 4 is 85.3 Å². The van der Waals surface area contributed by atoms with Gasteiger partial charge in [0, 0.05) is 84.4 Å². The molecular weight excluding hydrogens is 1120 g/mol. The lowest BCUT2D eigenvalue weighted by molar-refractivity contribution is -0.238. The Morgan fingerprint density at radius 2 is 1.70 bits per heavy atom. The number of nitrogens with zero attached hydrogens (tertiary/aromatic N) is 6. The molecule has 1 aromatic carbocycles. The van der Waals surface area contributed by atoms with E-state index in [1.54, 1.807) is 36.8 Å². The summed E-state index contributed by atoms with van der Waals surface area (Å²) in [5, 5.41) is 51.1. The van der Waals surface area contributed by atoms with Gasteiger partial charge in [-0.3, -0.25) is 43.7 Å². The maximum atomic E-state index is 13.8. The lowest BCUT2D eigenvalue weighted by atomic mass is 9.90. The Balaban J connectivity index is 0.863. The number of esters is 1. The number of hydrogen-bond acceptors (Lipinski definition) is 20. The summed E-state index contributed by atoms with van der Waals surface area (Å²) in [7, 11) is 4.03. The van der Waals surface area contributed by atoms with Crippen molar-refractivity contribution < 1.29 is 67.1 Å². The first-order chi connectivity index (χ1) is 38.8. The number of aromatic nitrogens is 4. The number of pyridine rings is 4. The van der Waals surface area contributed by atoms with Crippen molar-refractivity contribution in [3.8, 4) is 34.2 Å². The summed E-state index contributed by atoms with van der Waals surface area (Å²) in [6, 6.07) is 12.3. The summed E-state index contributed by atoms with van der Waals surface area (Å²) >= 11 is 6.17. The van der Waals surface area contributed by atoms with Gasteiger partial charge in [0.2, 0.25) is 29.5 Å². The highest BCUT2D eigenvalue weighted by atomic mass is 35.5. The number of halogens is 3. The largest absolute Gasteiger partial charge is 0.480 e. The molecule has 7 atom stereocenters. The number of alkyl halides is 2. The van der Waals surface area contributed by atoms with Crippen LogP contribution in [0.15, 0.2) is 73.3 Å². The van der Waals surface area contributed by atoms with Crippen LogP contribution >= 0.6 is 33.2 Å². The number of amides is 5. The molecule has 5 amide bonds. The average Bonchev–Trinajstić information content (AvgIpc) is 3.83. The van der Waals surface area contributed by atoms with Gasteiger partial charge in [-0.2, -0.15) is 5.26 Å². The molecular formula is C53H58ClF2N11O12S2. The van der Waals surface area contributed by atoms with Gasteiger partial charge in [-0.1, -0.05) is 52.2 Å². The Morgan fingerprint density at radius 1 is 0.951 bits per heavy atom. The highest BCUT2D eigenvalue weighted by Crippen LogP contribution is 2.34. The highest BCUT2D eigenvalue weighted by molar-refractivity contribution is 8.76. The summed E-state index contributed by atoms with van der Waals surface area (Å²) in [6.07, 6.45) is 1.21. The first-order valence-corrected chi connectivity index (χ1v) is 28.2. The zero-order valence-electron chi connectivity index (χ0n) is 43.7. The van der Waals surface area contributed by atoms with Crippen LogP contribution in [-0.2, 0) is 46.6 Å². The fraction of sp³-hybridized carbons (Fsp3) is 0.415. The summed E-state index contributed by atoms with van der Waals surface area (Å²) in [5.41, 5.74) is 11.2. The van der Waals surface area contributed by atoms with Gasteiger partial charge < -0.3 is 61.4 Å². The Labute approximate surface area is 475 Å². The van der Waals surface area contributed by atoms with E-state index in [0.29, 0.717) is 34.3 Å².